The molecule has 0 saturated heterocycles. The minimum atomic E-state index is -0.196. The van der Waals surface area contributed by atoms with E-state index in [1.807, 2.05) is 30.3 Å². The highest BCUT2D eigenvalue weighted by Crippen LogP contribution is 2.28. The number of anilines is 1. The van der Waals surface area contributed by atoms with Crippen LogP contribution < -0.4 is 10.1 Å². The lowest BCUT2D eigenvalue weighted by Gasteiger charge is -2.25. The molecule has 2 aromatic rings. The lowest BCUT2D eigenvalue weighted by molar-refractivity contribution is -0.138. The van der Waals surface area contributed by atoms with Gasteiger partial charge in [-0.25, -0.2) is 4.68 Å². The number of hydrogen-bond acceptors (Lipinski definition) is 4. The molecule has 0 radical (unpaired) electrons. The Kier molecular flexibility index (Phi) is 8.75. The summed E-state index contributed by atoms with van der Waals surface area (Å²) in [6.45, 7) is 9.11. The van der Waals surface area contributed by atoms with Crippen molar-refractivity contribution in [2.45, 2.75) is 78.1 Å². The zero-order valence-corrected chi connectivity index (χ0v) is 21.4. The van der Waals surface area contributed by atoms with E-state index in [1.165, 1.54) is 0 Å². The number of carbonyl (C=O) groups is 2. The van der Waals surface area contributed by atoms with Gasteiger partial charge in [0.15, 0.2) is 0 Å². The largest absolute Gasteiger partial charge is 0.497 e. The van der Waals surface area contributed by atoms with Crippen molar-refractivity contribution in [3.8, 4) is 11.4 Å². The molecule has 1 aliphatic rings. The molecule has 1 N–H and O–H groups in total. The molecule has 1 fully saturated rings. The first-order chi connectivity index (χ1) is 16.2. The maximum Gasteiger partial charge on any atom is 0.245 e. The van der Waals surface area contributed by atoms with Crippen LogP contribution in [0.25, 0.3) is 5.69 Å². The fourth-order valence-corrected chi connectivity index (χ4v) is 4.36. The number of rotatable bonds is 10. The normalized spacial score (nSPS) is 14.3. The van der Waals surface area contributed by atoms with Gasteiger partial charge in [-0.15, -0.1) is 0 Å². The summed E-state index contributed by atoms with van der Waals surface area (Å²) in [5.74, 6) is 1.35. The molecular weight excluding hydrogens is 428 g/mol. The number of hydrogen-bond donors (Lipinski definition) is 1. The van der Waals surface area contributed by atoms with Crippen LogP contribution in [0.3, 0.4) is 0 Å². The second-order valence-corrected chi connectivity index (χ2v) is 10.3. The SMILES string of the molecule is CCCCCN(CC(=O)Nc1cc(C(C)(C)C)nn1-c1ccc(OC)cc1)C(=O)C1CCCC1. The molecule has 1 aliphatic carbocycles. The van der Waals surface area contributed by atoms with E-state index in [-0.39, 0.29) is 29.7 Å². The van der Waals surface area contributed by atoms with E-state index in [4.69, 9.17) is 9.84 Å². The van der Waals surface area contributed by atoms with Crippen LogP contribution in [0.4, 0.5) is 5.82 Å². The lowest BCUT2D eigenvalue weighted by Crippen LogP contribution is -2.41. The summed E-state index contributed by atoms with van der Waals surface area (Å²) in [5.41, 5.74) is 1.52. The van der Waals surface area contributed by atoms with E-state index in [2.05, 4.69) is 33.0 Å². The van der Waals surface area contributed by atoms with Gasteiger partial charge in [-0.2, -0.15) is 5.10 Å². The second-order valence-electron chi connectivity index (χ2n) is 10.3. The summed E-state index contributed by atoms with van der Waals surface area (Å²) in [6.07, 6.45) is 7.11. The number of carbonyl (C=O) groups excluding carboxylic acids is 2. The minimum Gasteiger partial charge on any atom is -0.497 e. The molecule has 34 heavy (non-hydrogen) atoms. The van der Waals surface area contributed by atoms with Gasteiger partial charge < -0.3 is 15.0 Å². The van der Waals surface area contributed by atoms with E-state index in [9.17, 15) is 9.59 Å². The van der Waals surface area contributed by atoms with E-state index < -0.39 is 0 Å². The summed E-state index contributed by atoms with van der Waals surface area (Å²) in [7, 11) is 1.63. The Balaban J connectivity index is 1.80. The van der Waals surface area contributed by atoms with Gasteiger partial charge in [-0.3, -0.25) is 9.59 Å². The van der Waals surface area contributed by atoms with Crippen molar-refractivity contribution in [1.82, 2.24) is 14.7 Å². The molecule has 1 heterocycles. The Morgan fingerprint density at radius 1 is 1.15 bits per heavy atom. The van der Waals surface area contributed by atoms with Crippen LogP contribution in [0.2, 0.25) is 0 Å². The van der Waals surface area contributed by atoms with Crippen molar-refractivity contribution >= 4 is 17.6 Å². The molecular formula is C27H40N4O3. The fraction of sp³-hybridized carbons (Fsp3) is 0.593. The van der Waals surface area contributed by atoms with Gasteiger partial charge >= 0.3 is 0 Å². The lowest BCUT2D eigenvalue weighted by atomic mass is 9.92. The molecule has 186 valence electrons. The number of nitrogens with zero attached hydrogens (tertiary/aromatic N) is 3. The number of aromatic nitrogens is 2. The van der Waals surface area contributed by atoms with Gasteiger partial charge in [0, 0.05) is 23.9 Å². The van der Waals surface area contributed by atoms with E-state index in [1.54, 1.807) is 16.7 Å². The first kappa shape index (κ1) is 25.8. The zero-order valence-electron chi connectivity index (χ0n) is 21.4. The molecule has 0 unspecified atom stereocenters. The average molecular weight is 469 g/mol. The molecule has 0 bridgehead atoms. The highest BCUT2D eigenvalue weighted by Gasteiger charge is 2.29. The van der Waals surface area contributed by atoms with Crippen LogP contribution in [0.1, 0.15) is 78.3 Å². The Morgan fingerprint density at radius 2 is 1.82 bits per heavy atom. The van der Waals surface area contributed by atoms with Crippen LogP contribution in [0.5, 0.6) is 5.75 Å². The molecule has 0 atom stereocenters. The number of benzene rings is 1. The van der Waals surface area contributed by atoms with Crippen LogP contribution in [0.15, 0.2) is 30.3 Å². The maximum absolute atomic E-state index is 13.2. The molecule has 1 aromatic heterocycles. The third kappa shape index (κ3) is 6.61. The molecule has 1 aromatic carbocycles. The standard InChI is InChI=1S/C27H40N4O3/c1-6-7-10-17-30(26(33)20-11-8-9-12-20)19-25(32)28-24-18-23(27(2,3)4)29-31(24)21-13-15-22(34-5)16-14-21/h13-16,18,20H,6-12,17,19H2,1-5H3,(H,28,32). The summed E-state index contributed by atoms with van der Waals surface area (Å²) in [4.78, 5) is 28.0. The molecule has 7 nitrogen and oxygen atoms in total. The summed E-state index contributed by atoms with van der Waals surface area (Å²) in [5, 5.41) is 7.81. The number of amides is 2. The molecule has 0 aliphatic heterocycles. The predicted octanol–water partition coefficient (Wildman–Crippen LogP) is 5.33. The van der Waals surface area contributed by atoms with E-state index in [0.717, 1.165) is 62.1 Å². The quantitative estimate of drug-likeness (QED) is 0.479. The fourth-order valence-electron chi connectivity index (χ4n) is 4.36. The van der Waals surface area contributed by atoms with Crippen LogP contribution >= 0.6 is 0 Å². The maximum atomic E-state index is 13.2. The first-order valence-corrected chi connectivity index (χ1v) is 12.6. The monoisotopic (exact) mass is 468 g/mol. The number of nitrogens with one attached hydrogen (secondary N) is 1. The third-order valence-corrected chi connectivity index (χ3v) is 6.44. The highest BCUT2D eigenvalue weighted by molar-refractivity contribution is 5.94. The van der Waals surface area contributed by atoms with Crippen molar-refractivity contribution in [3.05, 3.63) is 36.0 Å². The van der Waals surface area contributed by atoms with Gasteiger partial charge in [-0.05, 0) is 43.5 Å². The Morgan fingerprint density at radius 3 is 2.41 bits per heavy atom. The molecule has 0 spiro atoms. The van der Waals surface area contributed by atoms with Crippen molar-refractivity contribution in [2.24, 2.45) is 5.92 Å². The van der Waals surface area contributed by atoms with Crippen molar-refractivity contribution in [3.63, 3.8) is 0 Å². The smallest absolute Gasteiger partial charge is 0.245 e. The van der Waals surface area contributed by atoms with Crippen molar-refractivity contribution < 1.29 is 14.3 Å². The van der Waals surface area contributed by atoms with Gasteiger partial charge in [-0.1, -0.05) is 53.4 Å². The minimum absolute atomic E-state index is 0.0618. The van der Waals surface area contributed by atoms with Crippen LogP contribution in [0, 0.1) is 5.92 Å². The summed E-state index contributed by atoms with van der Waals surface area (Å²) in [6, 6.07) is 9.48. The molecule has 7 heteroatoms. The average Bonchev–Trinajstić information content (AvgIpc) is 3.48. The van der Waals surface area contributed by atoms with E-state index in [0.29, 0.717) is 12.4 Å². The van der Waals surface area contributed by atoms with Gasteiger partial charge in [0.25, 0.3) is 0 Å². The molecule has 2 amide bonds. The van der Waals surface area contributed by atoms with Crippen LogP contribution in [-0.2, 0) is 15.0 Å². The molecule has 1 saturated carbocycles. The second kappa shape index (κ2) is 11.5. The highest BCUT2D eigenvalue weighted by atomic mass is 16.5. The number of methoxy groups -OCH3 is 1. The Hall–Kier alpha value is -2.83. The number of ether oxygens (including phenoxy) is 1. The van der Waals surface area contributed by atoms with Gasteiger partial charge in [0.1, 0.15) is 11.6 Å². The Labute approximate surface area is 203 Å². The van der Waals surface area contributed by atoms with E-state index >= 15 is 0 Å². The third-order valence-electron chi connectivity index (χ3n) is 6.44. The van der Waals surface area contributed by atoms with Crippen molar-refractivity contribution in [1.29, 1.82) is 0 Å². The van der Waals surface area contributed by atoms with Gasteiger partial charge in [0.2, 0.25) is 11.8 Å². The summed E-state index contributed by atoms with van der Waals surface area (Å²) >= 11 is 0. The topological polar surface area (TPSA) is 76.5 Å². The zero-order chi connectivity index (χ0) is 24.7. The molecule has 3 rings (SSSR count). The van der Waals surface area contributed by atoms with Crippen LogP contribution in [-0.4, -0.2) is 46.7 Å². The van der Waals surface area contributed by atoms with Gasteiger partial charge in [0.05, 0.1) is 25.0 Å². The first-order valence-electron chi connectivity index (χ1n) is 12.6. The summed E-state index contributed by atoms with van der Waals surface area (Å²) < 4.78 is 7.02. The Bertz CT molecular complexity index is 953. The van der Waals surface area contributed by atoms with Crippen molar-refractivity contribution in [2.75, 3.05) is 25.5 Å². The predicted molar refractivity (Wildman–Crippen MR) is 136 cm³/mol. The number of unbranched alkanes of at least 4 members (excludes halogenated alkanes) is 2.